The molecule has 0 atom stereocenters. The molecule has 0 aliphatic carbocycles. The Morgan fingerprint density at radius 1 is 0.912 bits per heavy atom. The molecule has 2 amide bonds. The van der Waals surface area contributed by atoms with E-state index in [2.05, 4.69) is 45.4 Å². The average molecular weight is 491 g/mol. The number of carbonyl (C=O) groups excluding carboxylic acids is 2. The molecule has 2 N–H and O–H groups in total. The number of nitrogens with zero attached hydrogens (tertiary/aromatic N) is 2. The van der Waals surface area contributed by atoms with Gasteiger partial charge in [0, 0.05) is 28.9 Å². The summed E-state index contributed by atoms with van der Waals surface area (Å²) >= 11 is 1.35. The number of amides is 2. The van der Waals surface area contributed by atoms with Crippen LogP contribution in [0.2, 0.25) is 0 Å². The minimum Gasteiger partial charge on any atom is -0.343 e. The van der Waals surface area contributed by atoms with Gasteiger partial charge in [0.2, 0.25) is 5.91 Å². The molecule has 0 radical (unpaired) electrons. The molecule has 0 saturated carbocycles. The first-order valence-corrected chi connectivity index (χ1v) is 14.4. The molecule has 0 fully saturated rings. The monoisotopic (exact) mass is 490 g/mol. The van der Waals surface area contributed by atoms with Crippen LogP contribution in [0.25, 0.3) is 22.4 Å². The standard InChI is InChI=1S/C26H26N4O2S2/c1-34(2,3)22-9-5-8-21(15-22)25(32)28-16-24(31)30-26-29-23(17-33-26)20-7-4-6-19(14-20)18-10-12-27-13-11-18/h4-15,17H,16H2,1-3H3,(H,28,32)(H,29,30,31). The van der Waals surface area contributed by atoms with Gasteiger partial charge in [-0.2, -0.15) is 0 Å². The summed E-state index contributed by atoms with van der Waals surface area (Å²) < 4.78 is 0. The highest BCUT2D eigenvalue weighted by Gasteiger charge is 2.14. The van der Waals surface area contributed by atoms with E-state index in [4.69, 9.17) is 0 Å². The lowest BCUT2D eigenvalue weighted by molar-refractivity contribution is -0.115. The second kappa shape index (κ2) is 10.2. The van der Waals surface area contributed by atoms with Crippen LogP contribution >= 0.6 is 21.4 Å². The van der Waals surface area contributed by atoms with Gasteiger partial charge in [-0.25, -0.2) is 15.0 Å². The summed E-state index contributed by atoms with van der Waals surface area (Å²) in [6.45, 7) is -0.127. The number of hydrogen-bond donors (Lipinski definition) is 2. The lowest BCUT2D eigenvalue weighted by atomic mass is 10.0. The molecule has 2 heterocycles. The summed E-state index contributed by atoms with van der Waals surface area (Å²) in [4.78, 5) is 34.7. The molecular weight excluding hydrogens is 464 g/mol. The first-order chi connectivity index (χ1) is 16.3. The molecule has 8 heteroatoms. The Morgan fingerprint density at radius 3 is 2.41 bits per heavy atom. The van der Waals surface area contributed by atoms with Gasteiger partial charge in [0.1, 0.15) is 0 Å². The van der Waals surface area contributed by atoms with Crippen molar-refractivity contribution in [3.8, 4) is 22.4 Å². The maximum atomic E-state index is 12.5. The molecule has 174 valence electrons. The highest BCUT2D eigenvalue weighted by Crippen LogP contribution is 2.45. The highest BCUT2D eigenvalue weighted by molar-refractivity contribution is 8.32. The van der Waals surface area contributed by atoms with Crippen molar-refractivity contribution in [3.05, 3.63) is 84.0 Å². The highest BCUT2D eigenvalue weighted by atomic mass is 32.3. The predicted molar refractivity (Wildman–Crippen MR) is 142 cm³/mol. The SMILES string of the molecule is CS(C)(C)c1cccc(C(=O)NCC(=O)Nc2nc(-c3cccc(-c4ccncc4)c3)cs2)c1. The van der Waals surface area contributed by atoms with Gasteiger partial charge in [0.15, 0.2) is 5.13 Å². The third-order valence-electron chi connectivity index (χ3n) is 5.14. The molecule has 0 aliphatic heterocycles. The molecule has 4 aromatic rings. The fraction of sp³-hybridized carbons (Fsp3) is 0.154. The van der Waals surface area contributed by atoms with E-state index in [9.17, 15) is 9.59 Å². The van der Waals surface area contributed by atoms with E-state index in [-0.39, 0.29) is 18.4 Å². The van der Waals surface area contributed by atoms with E-state index < -0.39 is 10.0 Å². The summed E-state index contributed by atoms with van der Waals surface area (Å²) in [6.07, 6.45) is 10.1. The molecule has 0 unspecified atom stereocenters. The van der Waals surface area contributed by atoms with Crippen LogP contribution in [-0.2, 0) is 4.79 Å². The Balaban J connectivity index is 1.37. The summed E-state index contributed by atoms with van der Waals surface area (Å²) in [5.41, 5.74) is 4.43. The molecule has 0 saturated heterocycles. The van der Waals surface area contributed by atoms with Gasteiger partial charge in [-0.15, -0.1) is 11.3 Å². The summed E-state index contributed by atoms with van der Waals surface area (Å²) in [5.74, 6) is -0.592. The summed E-state index contributed by atoms with van der Waals surface area (Å²) in [5, 5.41) is 7.85. The number of hydrogen-bond acceptors (Lipinski definition) is 5. The molecule has 2 aromatic heterocycles. The second-order valence-electron chi connectivity index (χ2n) is 8.45. The Bertz CT molecular complexity index is 1310. The minimum absolute atomic E-state index is 0.127. The number of pyridine rings is 1. The Hall–Kier alpha value is -3.49. The van der Waals surface area contributed by atoms with E-state index in [0.717, 1.165) is 27.3 Å². The van der Waals surface area contributed by atoms with Gasteiger partial charge in [0.05, 0.1) is 12.2 Å². The van der Waals surface area contributed by atoms with Crippen LogP contribution in [-0.4, -0.2) is 47.1 Å². The zero-order chi connectivity index (χ0) is 24.1. The lowest BCUT2D eigenvalue weighted by Gasteiger charge is -2.26. The van der Waals surface area contributed by atoms with Crippen molar-refractivity contribution in [2.75, 3.05) is 30.6 Å². The van der Waals surface area contributed by atoms with Crippen LogP contribution in [0.1, 0.15) is 10.4 Å². The number of nitrogens with one attached hydrogen (secondary N) is 2. The fourth-order valence-electron chi connectivity index (χ4n) is 3.31. The van der Waals surface area contributed by atoms with E-state index in [1.807, 2.05) is 53.9 Å². The van der Waals surface area contributed by atoms with Crippen molar-refractivity contribution < 1.29 is 9.59 Å². The van der Waals surface area contributed by atoms with Crippen molar-refractivity contribution in [3.63, 3.8) is 0 Å². The number of anilines is 1. The van der Waals surface area contributed by atoms with E-state index in [0.29, 0.717) is 10.7 Å². The van der Waals surface area contributed by atoms with Gasteiger partial charge < -0.3 is 10.6 Å². The van der Waals surface area contributed by atoms with Crippen molar-refractivity contribution in [2.45, 2.75) is 4.90 Å². The van der Waals surface area contributed by atoms with Crippen LogP contribution in [0.3, 0.4) is 0 Å². The number of benzene rings is 2. The number of rotatable bonds is 7. The number of carbonyl (C=O) groups is 2. The number of aromatic nitrogens is 2. The first kappa shape index (κ1) is 23.7. The Labute approximate surface area is 204 Å². The van der Waals surface area contributed by atoms with Crippen LogP contribution in [0.5, 0.6) is 0 Å². The topological polar surface area (TPSA) is 84.0 Å². The maximum Gasteiger partial charge on any atom is 0.251 e. The van der Waals surface area contributed by atoms with Gasteiger partial charge >= 0.3 is 0 Å². The van der Waals surface area contributed by atoms with Gasteiger partial charge in [-0.3, -0.25) is 14.6 Å². The Morgan fingerprint density at radius 2 is 1.65 bits per heavy atom. The van der Waals surface area contributed by atoms with Crippen LogP contribution in [0.4, 0.5) is 5.13 Å². The molecule has 6 nitrogen and oxygen atoms in total. The zero-order valence-electron chi connectivity index (χ0n) is 19.2. The first-order valence-electron chi connectivity index (χ1n) is 10.6. The largest absolute Gasteiger partial charge is 0.343 e. The van der Waals surface area contributed by atoms with Crippen molar-refractivity contribution in [1.29, 1.82) is 0 Å². The van der Waals surface area contributed by atoms with E-state index in [1.54, 1.807) is 18.5 Å². The van der Waals surface area contributed by atoms with Crippen LogP contribution < -0.4 is 10.6 Å². The van der Waals surface area contributed by atoms with Crippen molar-refractivity contribution in [1.82, 2.24) is 15.3 Å². The Kier molecular flexibility index (Phi) is 7.09. The summed E-state index contributed by atoms with van der Waals surface area (Å²) in [7, 11) is -0.939. The minimum atomic E-state index is -0.939. The van der Waals surface area contributed by atoms with Crippen LogP contribution in [0.15, 0.2) is 83.3 Å². The predicted octanol–water partition coefficient (Wildman–Crippen LogP) is 5.29. The second-order valence-corrected chi connectivity index (χ2v) is 13.5. The molecule has 0 spiro atoms. The fourth-order valence-corrected chi connectivity index (χ4v) is 5.01. The molecule has 4 rings (SSSR count). The molecule has 34 heavy (non-hydrogen) atoms. The normalized spacial score (nSPS) is 11.6. The average Bonchev–Trinajstić information content (AvgIpc) is 3.31. The van der Waals surface area contributed by atoms with Gasteiger partial charge in [0.25, 0.3) is 5.91 Å². The molecular formula is C26H26N4O2S2. The molecule has 2 aromatic carbocycles. The van der Waals surface area contributed by atoms with Crippen molar-refractivity contribution >= 4 is 38.3 Å². The van der Waals surface area contributed by atoms with Gasteiger partial charge in [-0.05, 0) is 65.1 Å². The quantitative estimate of drug-likeness (QED) is 0.369. The maximum absolute atomic E-state index is 12.5. The molecule has 0 bridgehead atoms. The van der Waals surface area contributed by atoms with Gasteiger partial charge in [-0.1, -0.05) is 30.3 Å². The summed E-state index contributed by atoms with van der Waals surface area (Å²) in [6, 6.07) is 19.5. The smallest absolute Gasteiger partial charge is 0.251 e. The third kappa shape index (κ3) is 5.89. The lowest BCUT2D eigenvalue weighted by Crippen LogP contribution is -2.32. The third-order valence-corrected chi connectivity index (χ3v) is 7.56. The molecule has 0 aliphatic rings. The van der Waals surface area contributed by atoms with E-state index in [1.165, 1.54) is 11.3 Å². The van der Waals surface area contributed by atoms with Crippen LogP contribution in [0, 0.1) is 0 Å². The zero-order valence-corrected chi connectivity index (χ0v) is 20.9. The van der Waals surface area contributed by atoms with Crippen molar-refractivity contribution in [2.24, 2.45) is 0 Å². The van der Waals surface area contributed by atoms with E-state index >= 15 is 0 Å². The number of thiazole rings is 1.